The van der Waals surface area contributed by atoms with Crippen LogP contribution in [-0.4, -0.2) is 24.7 Å². The maximum Gasteiger partial charge on any atom is 0.115 e. The first-order valence-electron chi connectivity index (χ1n) is 6.32. The van der Waals surface area contributed by atoms with Gasteiger partial charge in [0.25, 0.3) is 0 Å². The van der Waals surface area contributed by atoms with Crippen molar-refractivity contribution in [1.82, 2.24) is 10.3 Å². The molecule has 4 heteroatoms. The molecule has 0 aromatic carbocycles. The maximum atomic E-state index is 5.58. The molecule has 0 radical (unpaired) electrons. The minimum Gasteiger partial charge on any atom is -0.379 e. The molecule has 1 unspecified atom stereocenters. The summed E-state index contributed by atoms with van der Waals surface area (Å²) in [6.07, 6.45) is 0. The predicted molar refractivity (Wildman–Crippen MR) is 73.7 cm³/mol. The molecular weight excluding hydrogens is 232 g/mol. The quantitative estimate of drug-likeness (QED) is 0.814. The Balaban J connectivity index is 2.87. The summed E-state index contributed by atoms with van der Waals surface area (Å²) in [4.78, 5) is 4.73. The van der Waals surface area contributed by atoms with Gasteiger partial charge in [-0.05, 0) is 26.3 Å². The van der Waals surface area contributed by atoms with Gasteiger partial charge in [0.1, 0.15) is 5.01 Å². The fourth-order valence-corrected chi connectivity index (χ4v) is 2.80. The first kappa shape index (κ1) is 14.6. The normalized spacial score (nSPS) is 15.2. The molecule has 0 saturated heterocycles. The molecule has 1 aromatic heterocycles. The number of hydrogen-bond donors (Lipinski definition) is 1. The number of nitrogens with one attached hydrogen (secondary N) is 1. The highest BCUT2D eigenvalue weighted by molar-refractivity contribution is 7.09. The van der Waals surface area contributed by atoms with E-state index in [-0.39, 0.29) is 5.54 Å². The van der Waals surface area contributed by atoms with Crippen LogP contribution in [0.5, 0.6) is 0 Å². The van der Waals surface area contributed by atoms with Gasteiger partial charge in [0.2, 0.25) is 0 Å². The molecule has 1 atom stereocenters. The van der Waals surface area contributed by atoms with Gasteiger partial charge in [-0.2, -0.15) is 0 Å². The fourth-order valence-electron chi connectivity index (χ4n) is 1.69. The number of likely N-dealkylation sites (N-methyl/N-ethyl adjacent to an activating group) is 1. The SMILES string of the molecule is CCNC(C)(COCC)c1nc(C(C)C)cs1. The molecule has 0 fully saturated rings. The Bertz CT molecular complexity index is 338. The minimum atomic E-state index is -0.164. The van der Waals surface area contributed by atoms with Gasteiger partial charge in [0, 0.05) is 12.0 Å². The average molecular weight is 256 g/mol. The highest BCUT2D eigenvalue weighted by atomic mass is 32.1. The molecule has 0 aliphatic carbocycles. The van der Waals surface area contributed by atoms with Crippen molar-refractivity contribution < 1.29 is 4.74 Å². The van der Waals surface area contributed by atoms with Crippen LogP contribution in [0.1, 0.15) is 51.2 Å². The summed E-state index contributed by atoms with van der Waals surface area (Å²) in [5.74, 6) is 0.484. The predicted octanol–water partition coefficient (Wildman–Crippen LogP) is 3.13. The molecule has 17 heavy (non-hydrogen) atoms. The van der Waals surface area contributed by atoms with E-state index in [4.69, 9.17) is 9.72 Å². The van der Waals surface area contributed by atoms with Crippen molar-refractivity contribution in [3.8, 4) is 0 Å². The Morgan fingerprint density at radius 1 is 1.47 bits per heavy atom. The Kier molecular flexibility index (Phi) is 5.56. The van der Waals surface area contributed by atoms with Gasteiger partial charge in [-0.1, -0.05) is 20.8 Å². The van der Waals surface area contributed by atoms with Gasteiger partial charge >= 0.3 is 0 Å². The van der Waals surface area contributed by atoms with Crippen LogP contribution in [0.4, 0.5) is 0 Å². The van der Waals surface area contributed by atoms with E-state index in [0.29, 0.717) is 12.5 Å². The lowest BCUT2D eigenvalue weighted by Gasteiger charge is -2.28. The lowest BCUT2D eigenvalue weighted by atomic mass is 10.0. The van der Waals surface area contributed by atoms with Crippen LogP contribution in [0.2, 0.25) is 0 Å². The van der Waals surface area contributed by atoms with E-state index in [0.717, 1.165) is 18.2 Å². The molecule has 1 N–H and O–H groups in total. The third-order valence-corrected chi connectivity index (χ3v) is 3.87. The summed E-state index contributed by atoms with van der Waals surface area (Å²) in [6, 6.07) is 0. The highest BCUT2D eigenvalue weighted by Crippen LogP contribution is 2.27. The van der Waals surface area contributed by atoms with Crippen molar-refractivity contribution in [2.45, 2.75) is 46.1 Å². The molecule has 98 valence electrons. The van der Waals surface area contributed by atoms with Crippen molar-refractivity contribution in [3.63, 3.8) is 0 Å². The first-order chi connectivity index (χ1) is 8.03. The van der Waals surface area contributed by atoms with Crippen molar-refractivity contribution in [2.75, 3.05) is 19.8 Å². The Morgan fingerprint density at radius 3 is 2.65 bits per heavy atom. The van der Waals surface area contributed by atoms with E-state index in [1.165, 1.54) is 5.69 Å². The molecule has 0 aliphatic rings. The summed E-state index contributed by atoms with van der Waals surface area (Å²) in [5, 5.41) is 6.76. The van der Waals surface area contributed by atoms with E-state index in [1.807, 2.05) is 6.92 Å². The molecule has 0 aliphatic heterocycles. The van der Waals surface area contributed by atoms with Gasteiger partial charge in [-0.25, -0.2) is 4.98 Å². The van der Waals surface area contributed by atoms with Gasteiger partial charge in [-0.3, -0.25) is 0 Å². The summed E-state index contributed by atoms with van der Waals surface area (Å²) >= 11 is 1.72. The minimum absolute atomic E-state index is 0.164. The van der Waals surface area contributed by atoms with Crippen molar-refractivity contribution in [3.05, 3.63) is 16.1 Å². The summed E-state index contributed by atoms with van der Waals surface area (Å²) in [5.41, 5.74) is 1.01. The number of rotatable bonds is 7. The van der Waals surface area contributed by atoms with E-state index < -0.39 is 0 Å². The van der Waals surface area contributed by atoms with Crippen LogP contribution in [-0.2, 0) is 10.3 Å². The zero-order chi connectivity index (χ0) is 12.9. The molecule has 0 spiro atoms. The second-order valence-electron chi connectivity index (χ2n) is 4.73. The van der Waals surface area contributed by atoms with Crippen LogP contribution in [0, 0.1) is 0 Å². The number of nitrogens with zero attached hydrogens (tertiary/aromatic N) is 1. The molecule has 1 rings (SSSR count). The second kappa shape index (κ2) is 6.47. The first-order valence-corrected chi connectivity index (χ1v) is 7.20. The number of thiazole rings is 1. The maximum absolute atomic E-state index is 5.58. The highest BCUT2D eigenvalue weighted by Gasteiger charge is 2.29. The molecule has 3 nitrogen and oxygen atoms in total. The van der Waals surface area contributed by atoms with Crippen LogP contribution in [0.3, 0.4) is 0 Å². The molecule has 0 amide bonds. The molecular formula is C13H24N2OS. The van der Waals surface area contributed by atoms with Crippen molar-refractivity contribution >= 4 is 11.3 Å². The Morgan fingerprint density at radius 2 is 2.18 bits per heavy atom. The van der Waals surface area contributed by atoms with Crippen LogP contribution in [0.15, 0.2) is 5.38 Å². The monoisotopic (exact) mass is 256 g/mol. The van der Waals surface area contributed by atoms with Crippen molar-refractivity contribution in [2.24, 2.45) is 0 Å². The van der Waals surface area contributed by atoms with Gasteiger partial charge in [-0.15, -0.1) is 11.3 Å². The largest absolute Gasteiger partial charge is 0.379 e. The van der Waals surface area contributed by atoms with Crippen molar-refractivity contribution in [1.29, 1.82) is 0 Å². The van der Waals surface area contributed by atoms with Crippen LogP contribution < -0.4 is 5.32 Å². The topological polar surface area (TPSA) is 34.1 Å². The summed E-state index contributed by atoms with van der Waals surface area (Å²) in [7, 11) is 0. The Hall–Kier alpha value is -0.450. The third kappa shape index (κ3) is 3.76. The fraction of sp³-hybridized carbons (Fsp3) is 0.769. The average Bonchev–Trinajstić information content (AvgIpc) is 2.76. The lowest BCUT2D eigenvalue weighted by molar-refractivity contribution is 0.0839. The zero-order valence-electron chi connectivity index (χ0n) is 11.5. The van der Waals surface area contributed by atoms with Gasteiger partial charge in [0.15, 0.2) is 0 Å². The smallest absolute Gasteiger partial charge is 0.115 e. The van der Waals surface area contributed by atoms with Crippen LogP contribution in [0.25, 0.3) is 0 Å². The zero-order valence-corrected chi connectivity index (χ0v) is 12.4. The Labute approximate surface area is 109 Å². The molecule has 0 bridgehead atoms. The number of hydrogen-bond acceptors (Lipinski definition) is 4. The molecule has 1 aromatic rings. The van der Waals surface area contributed by atoms with E-state index in [9.17, 15) is 0 Å². The van der Waals surface area contributed by atoms with Gasteiger partial charge in [0.05, 0.1) is 17.8 Å². The molecule has 0 saturated carbocycles. The lowest BCUT2D eigenvalue weighted by Crippen LogP contribution is -2.43. The summed E-state index contributed by atoms with van der Waals surface area (Å²) < 4.78 is 5.58. The standard InChI is InChI=1S/C13H24N2OS/c1-6-14-13(5,9-16-7-2)12-15-11(8-17-12)10(3)4/h8,10,14H,6-7,9H2,1-5H3. The third-order valence-electron chi connectivity index (χ3n) is 2.75. The van der Waals surface area contributed by atoms with E-state index in [1.54, 1.807) is 11.3 Å². The summed E-state index contributed by atoms with van der Waals surface area (Å²) in [6.45, 7) is 13.0. The van der Waals surface area contributed by atoms with E-state index >= 15 is 0 Å². The number of aromatic nitrogens is 1. The number of ether oxygens (including phenoxy) is 1. The van der Waals surface area contributed by atoms with E-state index in [2.05, 4.69) is 38.4 Å². The molecule has 1 heterocycles. The second-order valence-corrected chi connectivity index (χ2v) is 5.59. The van der Waals surface area contributed by atoms with Gasteiger partial charge < -0.3 is 10.1 Å². The van der Waals surface area contributed by atoms with Crippen LogP contribution >= 0.6 is 11.3 Å².